The van der Waals surface area contributed by atoms with Crippen LogP contribution in [0, 0.1) is 6.92 Å². The summed E-state index contributed by atoms with van der Waals surface area (Å²) in [4.78, 5) is 29.4. The van der Waals surface area contributed by atoms with Crippen LogP contribution < -0.4 is 19.1 Å². The van der Waals surface area contributed by atoms with Crippen molar-refractivity contribution in [2.75, 3.05) is 31.6 Å². The van der Waals surface area contributed by atoms with Crippen molar-refractivity contribution in [1.29, 1.82) is 0 Å². The third-order valence-electron chi connectivity index (χ3n) is 7.33. The van der Waals surface area contributed by atoms with Crippen molar-refractivity contribution in [2.45, 2.75) is 37.8 Å². The third-order valence-corrected chi connectivity index (χ3v) is 9.10. The lowest BCUT2D eigenvalue weighted by Gasteiger charge is -2.34. The highest BCUT2D eigenvalue weighted by atomic mass is 32.2. The van der Waals surface area contributed by atoms with Crippen LogP contribution in [0.15, 0.2) is 108 Å². The number of methoxy groups -OCH3 is 1. The molecule has 0 bridgehead atoms. The summed E-state index contributed by atoms with van der Waals surface area (Å²) in [6, 6.07) is 28.8. The number of nitrogens with one attached hydrogen (secondary N) is 1. The lowest BCUT2D eigenvalue weighted by atomic mass is 10.0. The topological polar surface area (TPSA) is 105 Å². The Labute approximate surface area is 265 Å². The number of likely N-dealkylation sites (N-methyl/N-ethyl adjacent to an activating group) is 1. The fourth-order valence-corrected chi connectivity index (χ4v) is 6.40. The van der Waals surface area contributed by atoms with Crippen molar-refractivity contribution >= 4 is 27.5 Å². The molecule has 0 spiro atoms. The summed E-state index contributed by atoms with van der Waals surface area (Å²) in [7, 11) is -1.18. The van der Waals surface area contributed by atoms with Crippen LogP contribution in [-0.4, -0.2) is 58.5 Å². The molecule has 45 heavy (non-hydrogen) atoms. The van der Waals surface area contributed by atoms with Crippen LogP contribution in [-0.2, 0) is 32.6 Å². The van der Waals surface area contributed by atoms with Gasteiger partial charge in [-0.3, -0.25) is 13.9 Å². The van der Waals surface area contributed by atoms with E-state index in [1.807, 2.05) is 43.3 Å². The minimum Gasteiger partial charge on any atom is -0.497 e. The maximum absolute atomic E-state index is 14.5. The minimum absolute atomic E-state index is 0.0266. The molecule has 10 heteroatoms. The third kappa shape index (κ3) is 8.21. The molecule has 4 aromatic carbocycles. The Morgan fingerprint density at radius 3 is 2.20 bits per heavy atom. The van der Waals surface area contributed by atoms with Gasteiger partial charge in [-0.1, -0.05) is 72.3 Å². The van der Waals surface area contributed by atoms with Crippen molar-refractivity contribution in [1.82, 2.24) is 10.2 Å². The van der Waals surface area contributed by atoms with Crippen LogP contribution >= 0.6 is 0 Å². The van der Waals surface area contributed by atoms with Gasteiger partial charge in [-0.25, -0.2) is 8.42 Å². The van der Waals surface area contributed by atoms with Gasteiger partial charge in [-0.15, -0.1) is 0 Å². The van der Waals surface area contributed by atoms with Gasteiger partial charge in [0.05, 0.1) is 24.3 Å². The summed E-state index contributed by atoms with van der Waals surface area (Å²) in [6.07, 6.45) is 0.219. The second-order valence-electron chi connectivity index (χ2n) is 10.4. The van der Waals surface area contributed by atoms with Gasteiger partial charge in [0.1, 0.15) is 24.1 Å². The molecule has 4 aromatic rings. The molecule has 2 amide bonds. The van der Waals surface area contributed by atoms with E-state index in [1.165, 1.54) is 24.1 Å². The number of sulfonamides is 1. The van der Waals surface area contributed by atoms with Crippen molar-refractivity contribution in [3.63, 3.8) is 0 Å². The summed E-state index contributed by atoms with van der Waals surface area (Å²) >= 11 is 0. The SMILES string of the molecule is CCOc1ccccc1N(CC(=O)N(Cc1cccc(OC)c1)C(Cc1ccccc1)C(=O)NC)S(=O)(=O)c1ccc(C)cc1. The van der Waals surface area contributed by atoms with E-state index in [0.717, 1.165) is 15.4 Å². The van der Waals surface area contributed by atoms with Gasteiger partial charge in [0.15, 0.2) is 0 Å². The number of anilines is 1. The maximum atomic E-state index is 14.5. The lowest BCUT2D eigenvalue weighted by Crippen LogP contribution is -2.53. The highest BCUT2D eigenvalue weighted by Gasteiger charge is 2.35. The Morgan fingerprint density at radius 1 is 0.867 bits per heavy atom. The predicted octanol–water partition coefficient (Wildman–Crippen LogP) is 4.98. The number of carbonyl (C=O) groups is 2. The standard InChI is InChI=1S/C35H39N3O6S/c1-5-44-33-17-10-9-16-31(33)38(45(41,42)30-20-18-26(2)19-21-30)25-34(39)37(24-28-14-11-15-29(22-28)43-4)32(35(40)36-3)23-27-12-7-6-8-13-27/h6-22,32H,5,23-25H2,1-4H3,(H,36,40). The van der Waals surface area contributed by atoms with Gasteiger partial charge in [0.25, 0.3) is 10.0 Å². The smallest absolute Gasteiger partial charge is 0.264 e. The average Bonchev–Trinajstić information content (AvgIpc) is 3.06. The number of hydrogen-bond acceptors (Lipinski definition) is 6. The molecular weight excluding hydrogens is 590 g/mol. The minimum atomic E-state index is -4.25. The van der Waals surface area contributed by atoms with Gasteiger partial charge in [-0.05, 0) is 61.4 Å². The Bertz CT molecular complexity index is 1690. The van der Waals surface area contributed by atoms with Gasteiger partial charge in [0.2, 0.25) is 11.8 Å². The molecule has 1 N–H and O–H groups in total. The number of para-hydroxylation sites is 2. The summed E-state index contributed by atoms with van der Waals surface area (Å²) < 4.78 is 40.8. The molecule has 1 atom stereocenters. The molecule has 0 aliphatic carbocycles. The molecule has 0 saturated carbocycles. The number of carbonyl (C=O) groups excluding carboxylic acids is 2. The van der Waals surface area contributed by atoms with Crippen LogP contribution in [0.25, 0.3) is 0 Å². The predicted molar refractivity (Wildman–Crippen MR) is 175 cm³/mol. The Hall–Kier alpha value is -4.83. The van der Waals surface area contributed by atoms with Gasteiger partial charge < -0.3 is 19.7 Å². The fraction of sp³-hybridized carbons (Fsp3) is 0.257. The Kier molecular flexibility index (Phi) is 11.2. The zero-order valence-corrected chi connectivity index (χ0v) is 26.8. The summed E-state index contributed by atoms with van der Waals surface area (Å²) in [5.74, 6) is -0.0364. The quantitative estimate of drug-likeness (QED) is 0.211. The molecule has 0 fully saturated rings. The van der Waals surface area contributed by atoms with E-state index in [0.29, 0.717) is 23.7 Å². The van der Waals surface area contributed by atoms with Crippen LogP contribution in [0.3, 0.4) is 0 Å². The average molecular weight is 630 g/mol. The molecule has 1 unspecified atom stereocenters. The zero-order chi connectivity index (χ0) is 32.4. The van der Waals surface area contributed by atoms with Crippen molar-refractivity contribution < 1.29 is 27.5 Å². The van der Waals surface area contributed by atoms with Gasteiger partial charge in [-0.2, -0.15) is 0 Å². The normalized spacial score (nSPS) is 11.7. The summed E-state index contributed by atoms with van der Waals surface area (Å²) in [5, 5.41) is 2.69. The second-order valence-corrected chi connectivity index (χ2v) is 12.3. The van der Waals surface area contributed by atoms with Crippen LogP contribution in [0.1, 0.15) is 23.6 Å². The molecule has 0 aliphatic rings. The first-order valence-corrected chi connectivity index (χ1v) is 16.1. The first-order valence-electron chi connectivity index (χ1n) is 14.7. The van der Waals surface area contributed by atoms with E-state index < -0.39 is 28.5 Å². The largest absolute Gasteiger partial charge is 0.497 e. The maximum Gasteiger partial charge on any atom is 0.264 e. The van der Waals surface area contributed by atoms with Gasteiger partial charge in [0, 0.05) is 20.0 Å². The molecule has 0 heterocycles. The number of aryl methyl sites for hydroxylation is 1. The number of amides is 2. The lowest BCUT2D eigenvalue weighted by molar-refractivity contribution is -0.139. The van der Waals surface area contributed by atoms with E-state index in [4.69, 9.17) is 9.47 Å². The highest BCUT2D eigenvalue weighted by molar-refractivity contribution is 7.92. The Morgan fingerprint density at radius 2 is 1.53 bits per heavy atom. The molecular formula is C35H39N3O6S. The van der Waals surface area contributed by atoms with Crippen molar-refractivity contribution in [3.8, 4) is 11.5 Å². The molecule has 236 valence electrons. The summed E-state index contributed by atoms with van der Waals surface area (Å²) in [5.41, 5.74) is 2.67. The van der Waals surface area contributed by atoms with Crippen LogP contribution in [0.5, 0.6) is 11.5 Å². The second kappa shape index (κ2) is 15.3. The number of rotatable bonds is 14. The zero-order valence-electron chi connectivity index (χ0n) is 26.0. The first-order chi connectivity index (χ1) is 21.7. The first kappa shape index (κ1) is 33.1. The number of hydrogen-bond donors (Lipinski definition) is 1. The molecule has 4 rings (SSSR count). The van der Waals surface area contributed by atoms with Gasteiger partial charge >= 0.3 is 0 Å². The molecule has 9 nitrogen and oxygen atoms in total. The molecule has 0 saturated heterocycles. The number of benzene rings is 4. The number of ether oxygens (including phenoxy) is 2. The Balaban J connectivity index is 1.83. The summed E-state index contributed by atoms with van der Waals surface area (Å²) in [6.45, 7) is 3.42. The molecule has 0 radical (unpaired) electrons. The van der Waals surface area contributed by atoms with E-state index in [2.05, 4.69) is 5.32 Å². The van der Waals surface area contributed by atoms with E-state index in [-0.39, 0.29) is 29.5 Å². The van der Waals surface area contributed by atoms with E-state index >= 15 is 0 Å². The van der Waals surface area contributed by atoms with Crippen LogP contribution in [0.2, 0.25) is 0 Å². The molecule has 0 aliphatic heterocycles. The van der Waals surface area contributed by atoms with E-state index in [1.54, 1.807) is 68.6 Å². The fourth-order valence-electron chi connectivity index (χ4n) is 4.98. The number of nitrogens with zero attached hydrogens (tertiary/aromatic N) is 2. The monoisotopic (exact) mass is 629 g/mol. The van der Waals surface area contributed by atoms with Crippen LogP contribution in [0.4, 0.5) is 5.69 Å². The van der Waals surface area contributed by atoms with Crippen molar-refractivity contribution in [3.05, 3.63) is 120 Å². The highest BCUT2D eigenvalue weighted by Crippen LogP contribution is 2.33. The molecule has 0 aromatic heterocycles. The van der Waals surface area contributed by atoms with E-state index in [9.17, 15) is 18.0 Å². The van der Waals surface area contributed by atoms with Crippen molar-refractivity contribution in [2.24, 2.45) is 0 Å².